The Labute approximate surface area is 174 Å². The lowest BCUT2D eigenvalue weighted by molar-refractivity contribution is 0.218. The molecule has 150 valence electrons. The molecular weight excluding hydrogens is 443 g/mol. The van der Waals surface area contributed by atoms with E-state index in [1.807, 2.05) is 35.2 Å². The topological polar surface area (TPSA) is 40.6 Å². The summed E-state index contributed by atoms with van der Waals surface area (Å²) < 4.78 is 43.1. The van der Waals surface area contributed by atoms with E-state index in [1.165, 1.54) is 22.9 Å². The van der Waals surface area contributed by atoms with Crippen LogP contribution in [0.3, 0.4) is 0 Å². The number of hydrogen-bond donors (Lipinski definition) is 0. The molecule has 1 atom stereocenters. The zero-order valence-corrected chi connectivity index (χ0v) is 18.2. The Morgan fingerprint density at radius 2 is 1.75 bits per heavy atom. The van der Waals surface area contributed by atoms with E-state index in [0.717, 1.165) is 31.4 Å². The molecule has 4 nitrogen and oxygen atoms in total. The number of nitrogens with zero attached hydrogens (tertiary/aromatic N) is 2. The van der Waals surface area contributed by atoms with Gasteiger partial charge in [-0.2, -0.15) is 4.31 Å². The highest BCUT2D eigenvalue weighted by atomic mass is 79.9. The first-order valence-electron chi connectivity index (χ1n) is 9.69. The van der Waals surface area contributed by atoms with E-state index in [0.29, 0.717) is 18.2 Å². The summed E-state index contributed by atoms with van der Waals surface area (Å²) in [6.45, 7) is 0.512. The third-order valence-electron chi connectivity index (χ3n) is 6.05. The van der Waals surface area contributed by atoms with Crippen molar-refractivity contribution in [3.63, 3.8) is 0 Å². The molecule has 0 amide bonds. The van der Waals surface area contributed by atoms with Crippen LogP contribution < -0.4 is 4.90 Å². The van der Waals surface area contributed by atoms with Gasteiger partial charge in [0.2, 0.25) is 10.0 Å². The van der Waals surface area contributed by atoms with Crippen molar-refractivity contribution in [3.05, 3.63) is 52.8 Å². The molecule has 0 bridgehead atoms. The lowest BCUT2D eigenvalue weighted by Crippen LogP contribution is -2.46. The molecule has 7 heteroatoms. The van der Waals surface area contributed by atoms with Gasteiger partial charge in [-0.25, -0.2) is 12.8 Å². The SMILES string of the molecule is CN1C(C2CCCCC2)CN(c2ccccc2)c2cc(F)c(Br)cc2S1(=O)=O. The first-order chi connectivity index (χ1) is 13.4. The summed E-state index contributed by atoms with van der Waals surface area (Å²) in [5.41, 5.74) is 1.27. The lowest BCUT2D eigenvalue weighted by Gasteiger charge is -2.36. The Hall–Kier alpha value is -1.44. The van der Waals surface area contributed by atoms with Gasteiger partial charge in [-0.15, -0.1) is 0 Å². The summed E-state index contributed by atoms with van der Waals surface area (Å²) in [6, 6.07) is 12.2. The third-order valence-corrected chi connectivity index (χ3v) is 8.57. The maximum Gasteiger partial charge on any atom is 0.245 e. The summed E-state index contributed by atoms with van der Waals surface area (Å²) in [7, 11) is -2.07. The summed E-state index contributed by atoms with van der Waals surface area (Å²) >= 11 is 3.16. The predicted octanol–water partition coefficient (Wildman–Crippen LogP) is 5.31. The van der Waals surface area contributed by atoms with Crippen molar-refractivity contribution in [1.29, 1.82) is 0 Å². The van der Waals surface area contributed by atoms with Crippen LogP contribution in [0.25, 0.3) is 0 Å². The fourth-order valence-electron chi connectivity index (χ4n) is 4.49. The maximum atomic E-state index is 14.4. The summed E-state index contributed by atoms with van der Waals surface area (Å²) in [6.07, 6.45) is 5.53. The van der Waals surface area contributed by atoms with Gasteiger partial charge in [0.15, 0.2) is 0 Å². The van der Waals surface area contributed by atoms with Gasteiger partial charge in [0.05, 0.1) is 10.2 Å². The third kappa shape index (κ3) is 3.48. The minimum atomic E-state index is -3.74. The summed E-state index contributed by atoms with van der Waals surface area (Å²) in [4.78, 5) is 2.11. The van der Waals surface area contributed by atoms with Crippen LogP contribution in [-0.2, 0) is 10.0 Å². The van der Waals surface area contributed by atoms with Gasteiger partial charge in [0, 0.05) is 31.4 Å². The highest BCUT2D eigenvalue weighted by Gasteiger charge is 2.41. The standard InChI is InChI=1S/C21H24BrFN2O2S/c1-24-20(15-8-4-2-5-9-15)14-25(16-10-6-3-7-11-16)19-13-18(23)17(22)12-21(19)28(24,26)27/h3,6-7,10-13,15,20H,2,4-5,8-9,14H2,1H3. The second-order valence-corrected chi connectivity index (χ2v) is 10.5. The van der Waals surface area contributed by atoms with Gasteiger partial charge in [0.25, 0.3) is 0 Å². The molecule has 2 aliphatic rings. The number of benzene rings is 2. The zero-order chi connectivity index (χ0) is 19.9. The monoisotopic (exact) mass is 466 g/mol. The van der Waals surface area contributed by atoms with E-state index in [9.17, 15) is 12.8 Å². The molecule has 0 N–H and O–H groups in total. The van der Waals surface area contributed by atoms with Crippen molar-refractivity contribution in [2.45, 2.75) is 43.0 Å². The summed E-state index contributed by atoms with van der Waals surface area (Å²) in [5, 5.41) is 0. The summed E-state index contributed by atoms with van der Waals surface area (Å²) in [5.74, 6) is -0.156. The van der Waals surface area contributed by atoms with Crippen molar-refractivity contribution < 1.29 is 12.8 Å². The van der Waals surface area contributed by atoms with Crippen molar-refractivity contribution in [2.75, 3.05) is 18.5 Å². The van der Waals surface area contributed by atoms with Crippen molar-refractivity contribution in [3.8, 4) is 0 Å². The molecule has 1 aliphatic heterocycles. The van der Waals surface area contributed by atoms with Crippen molar-refractivity contribution >= 4 is 37.3 Å². The van der Waals surface area contributed by atoms with Crippen molar-refractivity contribution in [1.82, 2.24) is 4.31 Å². The van der Waals surface area contributed by atoms with Gasteiger partial charge < -0.3 is 4.90 Å². The maximum absolute atomic E-state index is 14.4. The average molecular weight is 467 g/mol. The van der Waals surface area contributed by atoms with E-state index in [1.54, 1.807) is 7.05 Å². The van der Waals surface area contributed by atoms with Gasteiger partial charge in [-0.1, -0.05) is 37.5 Å². The molecule has 1 fully saturated rings. The molecule has 2 aromatic rings. The Morgan fingerprint density at radius 3 is 2.43 bits per heavy atom. The molecule has 1 aliphatic carbocycles. The molecule has 0 aromatic heterocycles. The van der Waals surface area contributed by atoms with Crippen LogP contribution in [-0.4, -0.2) is 32.4 Å². The molecular formula is C21H24BrFN2O2S. The number of rotatable bonds is 2. The molecule has 1 unspecified atom stereocenters. The van der Waals surface area contributed by atoms with Crippen LogP contribution >= 0.6 is 15.9 Å². The normalized spacial score (nSPS) is 23.2. The van der Waals surface area contributed by atoms with E-state index in [-0.39, 0.29) is 15.4 Å². The van der Waals surface area contributed by atoms with Crippen LogP contribution in [0, 0.1) is 11.7 Å². The Kier molecular flexibility index (Phi) is 5.51. The fourth-order valence-corrected chi connectivity index (χ4v) is 6.59. The molecule has 4 rings (SSSR count). The largest absolute Gasteiger partial charge is 0.339 e. The van der Waals surface area contributed by atoms with Crippen LogP contribution in [0.1, 0.15) is 32.1 Å². The van der Waals surface area contributed by atoms with E-state index in [2.05, 4.69) is 15.9 Å². The highest BCUT2D eigenvalue weighted by molar-refractivity contribution is 9.10. The van der Waals surface area contributed by atoms with Crippen LogP contribution in [0.15, 0.2) is 51.8 Å². The second kappa shape index (κ2) is 7.76. The number of para-hydroxylation sites is 1. The van der Waals surface area contributed by atoms with E-state index >= 15 is 0 Å². The van der Waals surface area contributed by atoms with Crippen LogP contribution in [0.4, 0.5) is 15.8 Å². The highest BCUT2D eigenvalue weighted by Crippen LogP contribution is 2.42. The Balaban J connectivity index is 1.90. The minimum Gasteiger partial charge on any atom is -0.339 e. The minimum absolute atomic E-state index is 0.144. The van der Waals surface area contributed by atoms with Gasteiger partial charge in [0.1, 0.15) is 10.7 Å². The number of likely N-dealkylation sites (N-methyl/N-ethyl adjacent to an activating group) is 1. The molecule has 0 spiro atoms. The van der Waals surface area contributed by atoms with E-state index < -0.39 is 15.8 Å². The lowest BCUT2D eigenvalue weighted by atomic mass is 9.83. The molecule has 0 saturated heterocycles. The number of hydrogen-bond acceptors (Lipinski definition) is 3. The number of halogens is 2. The van der Waals surface area contributed by atoms with Gasteiger partial charge >= 0.3 is 0 Å². The number of sulfonamides is 1. The van der Waals surface area contributed by atoms with Crippen LogP contribution in [0.2, 0.25) is 0 Å². The average Bonchev–Trinajstić information content (AvgIpc) is 2.78. The quantitative estimate of drug-likeness (QED) is 0.601. The van der Waals surface area contributed by atoms with Gasteiger partial charge in [-0.05, 0) is 52.9 Å². The Morgan fingerprint density at radius 1 is 1.07 bits per heavy atom. The predicted molar refractivity (Wildman–Crippen MR) is 113 cm³/mol. The van der Waals surface area contributed by atoms with Crippen molar-refractivity contribution in [2.24, 2.45) is 5.92 Å². The molecule has 1 saturated carbocycles. The molecule has 0 radical (unpaired) electrons. The smallest absolute Gasteiger partial charge is 0.245 e. The molecule has 2 aromatic carbocycles. The van der Waals surface area contributed by atoms with Crippen LogP contribution in [0.5, 0.6) is 0 Å². The second-order valence-electron chi connectivity index (χ2n) is 7.67. The van der Waals surface area contributed by atoms with E-state index in [4.69, 9.17) is 0 Å². The first kappa shape index (κ1) is 19.9. The van der Waals surface area contributed by atoms with Gasteiger partial charge in [-0.3, -0.25) is 0 Å². The zero-order valence-electron chi connectivity index (χ0n) is 15.8. The fraction of sp³-hybridized carbons (Fsp3) is 0.429. The number of anilines is 2. The molecule has 1 heterocycles. The Bertz CT molecular complexity index is 962. The number of fused-ring (bicyclic) bond motifs is 1. The molecule has 28 heavy (non-hydrogen) atoms. The first-order valence-corrected chi connectivity index (χ1v) is 11.9.